The largest absolute Gasteiger partial charge is 0.322 e. The maximum Gasteiger partial charge on any atom is 0.248 e. The highest BCUT2D eigenvalue weighted by Gasteiger charge is 2.18. The maximum absolute atomic E-state index is 11.4. The third-order valence-electron chi connectivity index (χ3n) is 3.58. The molecule has 0 spiro atoms. The summed E-state index contributed by atoms with van der Waals surface area (Å²) < 4.78 is 2.02. The van der Waals surface area contributed by atoms with Gasteiger partial charge in [-0.2, -0.15) is 5.10 Å². The van der Waals surface area contributed by atoms with Crippen molar-refractivity contribution in [3.05, 3.63) is 40.2 Å². The quantitative estimate of drug-likeness (QED) is 0.820. The number of benzene rings is 1. The minimum atomic E-state index is -0.128. The second kappa shape index (κ2) is 4.59. The third-order valence-corrected chi connectivity index (χ3v) is 5.75. The number of nitrogens with zero attached hydrogens (tertiary/aromatic N) is 2. The Morgan fingerprint density at radius 2 is 1.95 bits per heavy atom. The zero-order valence-electron chi connectivity index (χ0n) is 12.0. The van der Waals surface area contributed by atoms with Crippen molar-refractivity contribution in [2.45, 2.75) is 25.7 Å². The number of H-pyrrole nitrogens is 1. The van der Waals surface area contributed by atoms with Crippen LogP contribution in [0.3, 0.4) is 0 Å². The molecule has 1 unspecified atom stereocenters. The van der Waals surface area contributed by atoms with Gasteiger partial charge >= 0.3 is 0 Å². The van der Waals surface area contributed by atoms with Crippen LogP contribution in [0.25, 0.3) is 10.9 Å². The van der Waals surface area contributed by atoms with Crippen LogP contribution < -0.4 is 5.56 Å². The summed E-state index contributed by atoms with van der Waals surface area (Å²) in [4.78, 5) is 16.9. The smallest absolute Gasteiger partial charge is 0.248 e. The average Bonchev–Trinajstić information content (AvgIpc) is 2.64. The van der Waals surface area contributed by atoms with Gasteiger partial charge in [0.15, 0.2) is 0 Å². The molecule has 0 saturated carbocycles. The van der Waals surface area contributed by atoms with Gasteiger partial charge in [-0.05, 0) is 60.6 Å². The Morgan fingerprint density at radius 1 is 1.20 bits per heavy atom. The van der Waals surface area contributed by atoms with Crippen LogP contribution in [0.4, 0.5) is 0 Å². The molecule has 5 heteroatoms. The zero-order chi connectivity index (χ0) is 14.4. The molecular weight excluding hydrogens is 270 g/mol. The highest BCUT2D eigenvalue weighted by atomic mass is 32.2. The first-order valence-electron chi connectivity index (χ1n) is 6.48. The van der Waals surface area contributed by atoms with Crippen LogP contribution in [0.5, 0.6) is 0 Å². The van der Waals surface area contributed by atoms with Gasteiger partial charge in [-0.1, -0.05) is 0 Å². The standard InChI is InChI=1S/C15H17N3OS/c1-9-7-13(20-11(3)10(2)17-18(20)4)8-12-5-6-14(19)16-15(9)12/h5-8H,1-4H3,(H,16,19). The fourth-order valence-electron chi connectivity index (χ4n) is 2.51. The highest BCUT2D eigenvalue weighted by Crippen LogP contribution is 2.37. The van der Waals surface area contributed by atoms with Crippen molar-refractivity contribution in [3.8, 4) is 0 Å². The van der Waals surface area contributed by atoms with Gasteiger partial charge in [0.2, 0.25) is 5.56 Å². The summed E-state index contributed by atoms with van der Waals surface area (Å²) in [5.74, 6) is 0. The Balaban J connectivity index is 2.25. The van der Waals surface area contributed by atoms with Crippen molar-refractivity contribution < 1.29 is 0 Å². The molecule has 2 heterocycles. The number of aryl methyl sites for hydroxylation is 1. The molecule has 0 fully saturated rings. The molecule has 0 saturated heterocycles. The van der Waals surface area contributed by atoms with E-state index in [1.54, 1.807) is 6.07 Å². The number of aromatic nitrogens is 1. The monoisotopic (exact) mass is 287 g/mol. The number of pyridine rings is 1. The van der Waals surface area contributed by atoms with Crippen LogP contribution in [-0.2, 0) is 0 Å². The van der Waals surface area contributed by atoms with E-state index >= 15 is 0 Å². The SMILES string of the molecule is CC1=NN(C)S(c2cc(C)c3[nH]c(=O)ccc3c2)=C1C. The maximum atomic E-state index is 11.4. The topological polar surface area (TPSA) is 48.5 Å². The van der Waals surface area contributed by atoms with E-state index in [-0.39, 0.29) is 16.2 Å². The summed E-state index contributed by atoms with van der Waals surface area (Å²) in [6.07, 6.45) is 0. The van der Waals surface area contributed by atoms with E-state index in [1.165, 1.54) is 9.76 Å². The second-order valence-electron chi connectivity index (χ2n) is 5.02. The Kier molecular flexibility index (Phi) is 3.01. The molecule has 1 N–H and O–H groups in total. The van der Waals surface area contributed by atoms with Gasteiger partial charge < -0.3 is 4.98 Å². The van der Waals surface area contributed by atoms with E-state index in [2.05, 4.69) is 29.1 Å². The van der Waals surface area contributed by atoms with Gasteiger partial charge in [-0.25, -0.2) is 4.41 Å². The second-order valence-corrected chi connectivity index (χ2v) is 7.20. The lowest BCUT2D eigenvalue weighted by atomic mass is 10.1. The number of rotatable bonds is 1. The van der Waals surface area contributed by atoms with Gasteiger partial charge in [0.05, 0.1) is 11.2 Å². The van der Waals surface area contributed by atoms with Gasteiger partial charge in [-0.3, -0.25) is 4.79 Å². The van der Waals surface area contributed by atoms with E-state index in [1.807, 2.05) is 31.4 Å². The molecule has 104 valence electrons. The number of aromatic amines is 1. The molecule has 0 radical (unpaired) electrons. The summed E-state index contributed by atoms with van der Waals surface area (Å²) in [5, 5.41) is 5.59. The van der Waals surface area contributed by atoms with Crippen molar-refractivity contribution in [1.29, 1.82) is 0 Å². The van der Waals surface area contributed by atoms with Crippen LogP contribution in [0, 0.1) is 6.92 Å². The van der Waals surface area contributed by atoms with Gasteiger partial charge in [0, 0.05) is 22.9 Å². The molecule has 1 atom stereocenters. The molecule has 1 aliphatic rings. The summed E-state index contributed by atoms with van der Waals surface area (Å²) >= 11 is 0. The van der Waals surface area contributed by atoms with E-state index in [0.717, 1.165) is 22.2 Å². The Labute approximate surface area is 120 Å². The lowest BCUT2D eigenvalue weighted by Gasteiger charge is -2.17. The predicted octanol–water partition coefficient (Wildman–Crippen LogP) is 2.89. The van der Waals surface area contributed by atoms with Crippen molar-refractivity contribution in [1.82, 2.24) is 9.40 Å². The first-order valence-corrected chi connectivity index (χ1v) is 7.66. The Morgan fingerprint density at radius 3 is 2.60 bits per heavy atom. The molecule has 1 aromatic carbocycles. The van der Waals surface area contributed by atoms with Gasteiger partial charge in [0.25, 0.3) is 0 Å². The molecule has 4 nitrogen and oxygen atoms in total. The Hall–Kier alpha value is -1.88. The molecule has 3 rings (SSSR count). The number of hydrogen-bond acceptors (Lipinski definition) is 3. The normalized spacial score (nSPS) is 18.8. The van der Waals surface area contributed by atoms with Crippen LogP contribution in [0.15, 0.2) is 39.1 Å². The van der Waals surface area contributed by atoms with Crippen LogP contribution in [0.1, 0.15) is 19.4 Å². The molecular formula is C15H17N3OS. The fourth-order valence-corrected chi connectivity index (χ4v) is 4.62. The lowest BCUT2D eigenvalue weighted by molar-refractivity contribution is 0.618. The highest BCUT2D eigenvalue weighted by molar-refractivity contribution is 8.15. The van der Waals surface area contributed by atoms with Crippen LogP contribution in [0.2, 0.25) is 0 Å². The predicted molar refractivity (Wildman–Crippen MR) is 86.7 cm³/mol. The first kappa shape index (κ1) is 13.1. The molecule has 2 aromatic rings. The molecule has 0 aliphatic carbocycles. The van der Waals surface area contributed by atoms with E-state index < -0.39 is 0 Å². The van der Waals surface area contributed by atoms with Crippen LogP contribution >= 0.6 is 10.7 Å². The molecule has 0 bridgehead atoms. The van der Waals surface area contributed by atoms with Crippen molar-refractivity contribution in [2.24, 2.45) is 5.10 Å². The molecule has 1 aromatic heterocycles. The summed E-state index contributed by atoms with van der Waals surface area (Å²) in [6.45, 7) is 6.21. The summed E-state index contributed by atoms with van der Waals surface area (Å²) in [6, 6.07) is 7.75. The lowest BCUT2D eigenvalue weighted by Crippen LogP contribution is -2.05. The van der Waals surface area contributed by atoms with Crippen molar-refractivity contribution in [2.75, 3.05) is 7.05 Å². The number of hydrazone groups is 1. The third kappa shape index (κ3) is 1.98. The average molecular weight is 287 g/mol. The van der Waals surface area contributed by atoms with Gasteiger partial charge in [0.1, 0.15) is 0 Å². The van der Waals surface area contributed by atoms with Crippen molar-refractivity contribution >= 4 is 32.1 Å². The number of hydrogen-bond donors (Lipinski definition) is 1. The van der Waals surface area contributed by atoms with E-state index in [0.29, 0.717) is 0 Å². The minimum absolute atomic E-state index is 0.0595. The molecule has 0 amide bonds. The summed E-state index contributed by atoms with van der Waals surface area (Å²) in [7, 11) is 1.88. The molecule has 20 heavy (non-hydrogen) atoms. The fraction of sp³-hybridized carbons (Fsp3) is 0.267. The van der Waals surface area contributed by atoms with Crippen molar-refractivity contribution in [3.63, 3.8) is 0 Å². The van der Waals surface area contributed by atoms with E-state index in [4.69, 9.17) is 0 Å². The molecule has 1 aliphatic heterocycles. The Bertz CT molecular complexity index is 833. The zero-order valence-corrected chi connectivity index (χ0v) is 12.8. The first-order chi connectivity index (χ1) is 9.47. The van der Waals surface area contributed by atoms with Gasteiger partial charge in [-0.15, -0.1) is 0 Å². The summed E-state index contributed by atoms with van der Waals surface area (Å²) in [5.41, 5.74) is 3.04. The minimum Gasteiger partial charge on any atom is -0.322 e. The van der Waals surface area contributed by atoms with E-state index in [9.17, 15) is 4.79 Å². The van der Waals surface area contributed by atoms with Crippen LogP contribution in [-0.4, -0.2) is 27.0 Å². The number of fused-ring (bicyclic) bond motifs is 1. The number of nitrogens with one attached hydrogen (secondary N) is 1.